The predicted octanol–water partition coefficient (Wildman–Crippen LogP) is 5.97. The molecule has 0 aromatic rings. The molecule has 1 heteroatoms. The lowest BCUT2D eigenvalue weighted by molar-refractivity contribution is -0.170. The highest BCUT2D eigenvalue weighted by atomic mass is 16.3. The molecular weight excluding hydrogens is 268 g/mol. The number of hydrogen-bond donors (Lipinski definition) is 1. The first-order valence-electron chi connectivity index (χ1n) is 9.31. The fraction of sp³-hybridized carbons (Fsp3) is 0.905. The van der Waals surface area contributed by atoms with Crippen molar-refractivity contribution in [2.24, 2.45) is 28.1 Å². The van der Waals surface area contributed by atoms with E-state index in [0.29, 0.717) is 16.7 Å². The first-order valence-corrected chi connectivity index (χ1v) is 9.31. The van der Waals surface area contributed by atoms with Crippen LogP contribution in [0.3, 0.4) is 0 Å². The normalized spacial score (nSPS) is 41.8. The van der Waals surface area contributed by atoms with E-state index in [0.717, 1.165) is 25.2 Å². The van der Waals surface area contributed by atoms with Crippen LogP contribution in [0.2, 0.25) is 0 Å². The quantitative estimate of drug-likeness (QED) is 0.634. The third kappa shape index (κ3) is 3.16. The van der Waals surface area contributed by atoms with Gasteiger partial charge in [-0.2, -0.15) is 0 Å². The lowest BCUT2D eigenvalue weighted by atomic mass is 9.45. The molecule has 2 unspecified atom stereocenters. The first kappa shape index (κ1) is 18.0. The minimum absolute atomic E-state index is 0.170. The summed E-state index contributed by atoms with van der Waals surface area (Å²) in [6.45, 7) is 18.0. The Morgan fingerprint density at radius 2 is 1.77 bits per heavy atom. The molecule has 0 bridgehead atoms. The van der Waals surface area contributed by atoms with Crippen molar-refractivity contribution in [2.45, 2.75) is 92.1 Å². The summed E-state index contributed by atoms with van der Waals surface area (Å²) in [4.78, 5) is 0. The molecule has 0 saturated heterocycles. The van der Waals surface area contributed by atoms with Crippen LogP contribution < -0.4 is 0 Å². The van der Waals surface area contributed by atoms with E-state index in [-0.39, 0.29) is 5.41 Å². The summed E-state index contributed by atoms with van der Waals surface area (Å²) in [7, 11) is 0. The smallest absolute Gasteiger partial charge is 0.0653 e. The average Bonchev–Trinajstić information content (AvgIpc) is 2.35. The van der Waals surface area contributed by atoms with Gasteiger partial charge in [0.1, 0.15) is 0 Å². The van der Waals surface area contributed by atoms with Crippen molar-refractivity contribution in [3.8, 4) is 0 Å². The Morgan fingerprint density at radius 1 is 1.14 bits per heavy atom. The van der Waals surface area contributed by atoms with Gasteiger partial charge in [0, 0.05) is 0 Å². The van der Waals surface area contributed by atoms with Crippen LogP contribution in [0, 0.1) is 28.1 Å². The van der Waals surface area contributed by atoms with Crippen LogP contribution in [0.15, 0.2) is 12.7 Å². The molecule has 0 aliphatic heterocycles. The highest BCUT2D eigenvalue weighted by molar-refractivity contribution is 5.07. The van der Waals surface area contributed by atoms with Crippen LogP contribution in [0.1, 0.15) is 86.5 Å². The van der Waals surface area contributed by atoms with Gasteiger partial charge in [0.05, 0.1) is 5.60 Å². The zero-order valence-corrected chi connectivity index (χ0v) is 15.8. The van der Waals surface area contributed by atoms with Crippen LogP contribution in [0.5, 0.6) is 0 Å². The number of allylic oxidation sites excluding steroid dienone is 1. The number of aliphatic hydroxyl groups is 1. The molecule has 1 N–H and O–H groups in total. The summed E-state index contributed by atoms with van der Waals surface area (Å²) in [5.41, 5.74) is 0.385. The second-order valence-corrected chi connectivity index (χ2v) is 10.1. The van der Waals surface area contributed by atoms with E-state index in [9.17, 15) is 5.11 Å². The molecule has 128 valence electrons. The third-order valence-corrected chi connectivity index (χ3v) is 7.39. The summed E-state index contributed by atoms with van der Waals surface area (Å²) in [5.74, 6) is 1.17. The highest BCUT2D eigenvalue weighted by Gasteiger charge is 2.57. The van der Waals surface area contributed by atoms with Crippen LogP contribution in [0.25, 0.3) is 0 Å². The van der Waals surface area contributed by atoms with Gasteiger partial charge in [0.25, 0.3) is 0 Å². The summed E-state index contributed by atoms with van der Waals surface area (Å²) >= 11 is 0. The van der Waals surface area contributed by atoms with E-state index < -0.39 is 5.60 Å². The van der Waals surface area contributed by atoms with Crippen LogP contribution in [0.4, 0.5) is 0 Å². The molecule has 2 aliphatic carbocycles. The van der Waals surface area contributed by atoms with E-state index in [1.54, 1.807) is 0 Å². The fourth-order valence-electron chi connectivity index (χ4n) is 5.88. The maximum absolute atomic E-state index is 11.2. The maximum Gasteiger partial charge on any atom is 0.0653 e. The molecule has 0 heterocycles. The van der Waals surface area contributed by atoms with Gasteiger partial charge in [-0.1, -0.05) is 47.1 Å². The van der Waals surface area contributed by atoms with Crippen molar-refractivity contribution in [1.29, 1.82) is 0 Å². The monoisotopic (exact) mass is 306 g/mol. The summed E-state index contributed by atoms with van der Waals surface area (Å²) in [6.07, 6.45) is 10.4. The Kier molecular flexibility index (Phi) is 4.64. The van der Waals surface area contributed by atoms with E-state index in [4.69, 9.17) is 0 Å². The lowest BCUT2D eigenvalue weighted by Gasteiger charge is -2.61. The van der Waals surface area contributed by atoms with E-state index in [1.165, 1.54) is 25.7 Å². The molecule has 2 aliphatic rings. The van der Waals surface area contributed by atoms with E-state index in [2.05, 4.69) is 54.2 Å². The first-order chi connectivity index (χ1) is 9.95. The highest BCUT2D eigenvalue weighted by Crippen LogP contribution is 2.63. The van der Waals surface area contributed by atoms with E-state index >= 15 is 0 Å². The number of rotatable bonds is 4. The Bertz CT molecular complexity index is 418. The van der Waals surface area contributed by atoms with Crippen molar-refractivity contribution >= 4 is 0 Å². The minimum Gasteiger partial charge on any atom is -0.390 e. The molecule has 22 heavy (non-hydrogen) atoms. The second-order valence-electron chi connectivity index (χ2n) is 10.1. The second kappa shape index (κ2) is 5.65. The van der Waals surface area contributed by atoms with Crippen molar-refractivity contribution in [2.75, 3.05) is 0 Å². The molecule has 1 nitrogen and oxygen atoms in total. The van der Waals surface area contributed by atoms with Crippen molar-refractivity contribution in [3.05, 3.63) is 12.7 Å². The van der Waals surface area contributed by atoms with Crippen LogP contribution in [-0.4, -0.2) is 10.7 Å². The molecule has 0 aromatic heterocycles. The number of fused-ring (bicyclic) bond motifs is 1. The van der Waals surface area contributed by atoms with Crippen molar-refractivity contribution < 1.29 is 5.11 Å². The average molecular weight is 307 g/mol. The summed E-state index contributed by atoms with van der Waals surface area (Å²) < 4.78 is 0. The Balaban J connectivity index is 2.28. The summed E-state index contributed by atoms with van der Waals surface area (Å²) in [5, 5.41) is 11.2. The van der Waals surface area contributed by atoms with Gasteiger partial charge in [0.15, 0.2) is 0 Å². The maximum atomic E-state index is 11.2. The molecule has 0 spiro atoms. The van der Waals surface area contributed by atoms with Crippen molar-refractivity contribution in [3.63, 3.8) is 0 Å². The molecule has 0 aromatic carbocycles. The molecule has 0 amide bonds. The predicted molar refractivity (Wildman–Crippen MR) is 95.8 cm³/mol. The molecular formula is C21H38O. The summed E-state index contributed by atoms with van der Waals surface area (Å²) in [6, 6.07) is 0. The van der Waals surface area contributed by atoms with Crippen LogP contribution in [-0.2, 0) is 0 Å². The van der Waals surface area contributed by atoms with Gasteiger partial charge >= 0.3 is 0 Å². The van der Waals surface area contributed by atoms with Crippen molar-refractivity contribution in [1.82, 2.24) is 0 Å². The fourth-order valence-corrected chi connectivity index (χ4v) is 5.88. The zero-order valence-electron chi connectivity index (χ0n) is 15.8. The van der Waals surface area contributed by atoms with Gasteiger partial charge in [0.2, 0.25) is 0 Å². The Hall–Kier alpha value is -0.300. The third-order valence-electron chi connectivity index (χ3n) is 7.39. The zero-order chi connectivity index (χ0) is 16.8. The largest absolute Gasteiger partial charge is 0.390 e. The topological polar surface area (TPSA) is 20.2 Å². The lowest BCUT2D eigenvalue weighted by Crippen LogP contribution is -2.57. The SMILES string of the molecule is C=CC(C)(C)CCC1[C@@]2(C)CCCC(C)(C)C2CC[C@@]1(C)O. The molecule has 2 rings (SSSR count). The van der Waals surface area contributed by atoms with Gasteiger partial charge in [-0.3, -0.25) is 0 Å². The van der Waals surface area contributed by atoms with Gasteiger partial charge < -0.3 is 5.11 Å². The van der Waals surface area contributed by atoms with Gasteiger partial charge in [-0.25, -0.2) is 0 Å². The molecule has 2 saturated carbocycles. The Morgan fingerprint density at radius 3 is 2.36 bits per heavy atom. The Labute approximate surface area is 138 Å². The molecule has 0 radical (unpaired) electrons. The number of hydrogen-bond acceptors (Lipinski definition) is 1. The minimum atomic E-state index is -0.504. The standard InChI is InChI=1S/C21H38O/c1-8-18(2,3)14-10-17-20(6)13-9-12-19(4,5)16(20)11-15-21(17,7)22/h8,16-17,22H,1,9-15H2,2-7H3/t16?,17?,20-,21+/m0/s1. The van der Waals surface area contributed by atoms with Gasteiger partial charge in [-0.15, -0.1) is 6.58 Å². The van der Waals surface area contributed by atoms with E-state index in [1.807, 2.05) is 0 Å². The molecule has 4 atom stereocenters. The molecule has 2 fully saturated rings. The van der Waals surface area contributed by atoms with Gasteiger partial charge in [-0.05, 0) is 73.5 Å². The van der Waals surface area contributed by atoms with Crippen LogP contribution >= 0.6 is 0 Å².